The minimum atomic E-state index is -0.120. The number of rotatable bonds is 3. The third kappa shape index (κ3) is 3.47. The van der Waals surface area contributed by atoms with Crippen molar-refractivity contribution in [3.05, 3.63) is 68.2 Å². The first-order chi connectivity index (χ1) is 15.1. The first-order valence-corrected chi connectivity index (χ1v) is 12.7. The van der Waals surface area contributed by atoms with Crippen molar-refractivity contribution in [3.63, 3.8) is 0 Å². The Morgan fingerprint density at radius 2 is 1.87 bits per heavy atom. The summed E-state index contributed by atoms with van der Waals surface area (Å²) in [6.45, 7) is 8.58. The van der Waals surface area contributed by atoms with Crippen LogP contribution in [0.2, 0.25) is 0 Å². The highest BCUT2D eigenvalue weighted by Crippen LogP contribution is 2.52. The van der Waals surface area contributed by atoms with Gasteiger partial charge in [-0.15, -0.1) is 0 Å². The minimum absolute atomic E-state index is 0.115. The van der Waals surface area contributed by atoms with Gasteiger partial charge in [0.25, 0.3) is 5.56 Å². The first kappa shape index (κ1) is 22.3. The molecule has 1 spiro atoms. The number of benzene rings is 2. The molecule has 1 aromatic heterocycles. The molecule has 3 nitrogen and oxygen atoms in total. The Morgan fingerprint density at radius 3 is 2.58 bits per heavy atom. The molecule has 0 saturated heterocycles. The lowest BCUT2D eigenvalue weighted by Gasteiger charge is -2.34. The average Bonchev–Trinajstić information content (AvgIpc) is 3.05. The fourth-order valence-electron chi connectivity index (χ4n) is 5.60. The van der Waals surface area contributed by atoms with Gasteiger partial charge in [0.15, 0.2) is 0 Å². The molecule has 2 aliphatic rings. The van der Waals surface area contributed by atoms with Crippen LogP contribution in [0.5, 0.6) is 0 Å². The summed E-state index contributed by atoms with van der Waals surface area (Å²) in [5, 5.41) is 0.679. The Hall–Kier alpha value is -1.94. The van der Waals surface area contributed by atoms with E-state index in [4.69, 9.17) is 4.98 Å². The molecular formula is C27H33BrN2O. The molecule has 4 heteroatoms. The van der Waals surface area contributed by atoms with Gasteiger partial charge in [0.2, 0.25) is 0 Å². The average molecular weight is 481 g/mol. The predicted octanol–water partition coefficient (Wildman–Crippen LogP) is 7.64. The van der Waals surface area contributed by atoms with Gasteiger partial charge in [-0.2, -0.15) is 4.98 Å². The zero-order valence-electron chi connectivity index (χ0n) is 19.2. The monoisotopic (exact) mass is 480 g/mol. The number of nitrogens with zero attached hydrogens (tertiary/aromatic N) is 2. The molecule has 3 aromatic rings. The molecule has 31 heavy (non-hydrogen) atoms. The topological polar surface area (TPSA) is 34.9 Å². The van der Waals surface area contributed by atoms with Crippen LogP contribution in [0.3, 0.4) is 0 Å². The quantitative estimate of drug-likeness (QED) is 0.385. The van der Waals surface area contributed by atoms with Crippen LogP contribution in [0.4, 0.5) is 0 Å². The zero-order valence-corrected chi connectivity index (χ0v) is 20.8. The molecule has 2 heterocycles. The van der Waals surface area contributed by atoms with Gasteiger partial charge in [0, 0.05) is 4.47 Å². The number of hydrogen-bond acceptors (Lipinski definition) is 2. The summed E-state index contributed by atoms with van der Waals surface area (Å²) in [5.74, 6) is 1.51. The lowest BCUT2D eigenvalue weighted by Crippen LogP contribution is -2.32. The van der Waals surface area contributed by atoms with Crippen molar-refractivity contribution in [1.29, 1.82) is 0 Å². The molecule has 164 valence electrons. The number of halogens is 1. The van der Waals surface area contributed by atoms with Crippen LogP contribution in [0, 0.1) is 0 Å². The van der Waals surface area contributed by atoms with E-state index in [1.165, 1.54) is 48.9 Å². The summed E-state index contributed by atoms with van der Waals surface area (Å²) in [6, 6.07) is 13.0. The van der Waals surface area contributed by atoms with Gasteiger partial charge in [-0.1, -0.05) is 71.6 Å². The molecule has 0 radical (unpaired) electrons. The van der Waals surface area contributed by atoms with Crippen LogP contribution >= 0.6 is 15.9 Å². The molecule has 1 aliphatic heterocycles. The number of aromatic nitrogens is 2. The normalized spacial score (nSPS) is 17.1. The van der Waals surface area contributed by atoms with Gasteiger partial charge < -0.3 is 0 Å². The van der Waals surface area contributed by atoms with Gasteiger partial charge in [0.1, 0.15) is 5.82 Å². The molecular weight excluding hydrogens is 448 g/mol. The number of fused-ring (bicyclic) bond motifs is 7. The Balaban J connectivity index is 0.00000112. The van der Waals surface area contributed by atoms with Crippen molar-refractivity contribution < 1.29 is 0 Å². The van der Waals surface area contributed by atoms with E-state index < -0.39 is 0 Å². The molecule has 0 N–H and O–H groups in total. The molecule has 5 rings (SSSR count). The molecule has 1 fully saturated rings. The third-order valence-corrected chi connectivity index (χ3v) is 7.73. The second-order valence-corrected chi connectivity index (χ2v) is 9.67. The van der Waals surface area contributed by atoms with E-state index in [1.807, 2.05) is 26.0 Å². The highest BCUT2D eigenvalue weighted by atomic mass is 79.9. The standard InChI is InChI=1S/C25H27BrN2O.C2H6/c1-3-8-16(2)17-11-12-20-18(15-17)25(13-5-4-6-14-25)24-27-23(29)22-19(26)9-7-10-21(22)28(20)24;1-2/h7,9-12,15-16H,3-6,8,13-14H2,1-2H3;1-2H3. The molecule has 0 bridgehead atoms. The maximum Gasteiger partial charge on any atom is 0.281 e. The highest BCUT2D eigenvalue weighted by molar-refractivity contribution is 9.10. The molecule has 0 amide bonds. The second kappa shape index (κ2) is 8.90. The van der Waals surface area contributed by atoms with Crippen molar-refractivity contribution in [3.8, 4) is 5.69 Å². The summed E-state index contributed by atoms with van der Waals surface area (Å²) >= 11 is 3.58. The van der Waals surface area contributed by atoms with Gasteiger partial charge >= 0.3 is 0 Å². The maximum absolute atomic E-state index is 13.0. The summed E-state index contributed by atoms with van der Waals surface area (Å²) in [5.41, 5.74) is 4.74. The van der Waals surface area contributed by atoms with Crippen molar-refractivity contribution in [1.82, 2.24) is 9.55 Å². The summed E-state index contributed by atoms with van der Waals surface area (Å²) in [6.07, 6.45) is 8.21. The smallest absolute Gasteiger partial charge is 0.281 e. The fraction of sp³-hybridized carbons (Fsp3) is 0.481. The van der Waals surface area contributed by atoms with Crippen LogP contribution in [-0.2, 0) is 5.41 Å². The van der Waals surface area contributed by atoms with E-state index in [2.05, 4.69) is 58.6 Å². The largest absolute Gasteiger partial charge is 0.296 e. The molecule has 1 unspecified atom stereocenters. The molecule has 1 atom stereocenters. The predicted molar refractivity (Wildman–Crippen MR) is 134 cm³/mol. The van der Waals surface area contributed by atoms with E-state index in [0.717, 1.165) is 28.7 Å². The fourth-order valence-corrected chi connectivity index (χ4v) is 6.12. The Bertz CT molecular complexity index is 1160. The Morgan fingerprint density at radius 1 is 1.13 bits per heavy atom. The van der Waals surface area contributed by atoms with Gasteiger partial charge in [-0.3, -0.25) is 9.36 Å². The lowest BCUT2D eigenvalue weighted by molar-refractivity contribution is 0.338. The molecule has 1 aliphatic carbocycles. The summed E-state index contributed by atoms with van der Waals surface area (Å²) in [7, 11) is 0. The van der Waals surface area contributed by atoms with Gasteiger partial charge in [0.05, 0.1) is 22.0 Å². The maximum atomic E-state index is 13.0. The van der Waals surface area contributed by atoms with E-state index >= 15 is 0 Å². The van der Waals surface area contributed by atoms with Gasteiger partial charge in [-0.05, 0) is 70.4 Å². The van der Waals surface area contributed by atoms with E-state index in [9.17, 15) is 4.79 Å². The van der Waals surface area contributed by atoms with E-state index in [0.29, 0.717) is 11.3 Å². The molecule has 2 aromatic carbocycles. The van der Waals surface area contributed by atoms with E-state index in [-0.39, 0.29) is 11.0 Å². The van der Waals surface area contributed by atoms with Crippen molar-refractivity contribution in [2.45, 2.75) is 84.0 Å². The SMILES string of the molecule is CC.CCCC(C)c1ccc2c(c1)C1(CCCCC1)c1nc(=O)c3c(Br)cccc3n1-2. The third-order valence-electron chi connectivity index (χ3n) is 7.07. The minimum Gasteiger partial charge on any atom is -0.296 e. The second-order valence-electron chi connectivity index (χ2n) is 8.82. The van der Waals surface area contributed by atoms with E-state index in [1.54, 1.807) is 0 Å². The molecule has 1 saturated carbocycles. The lowest BCUT2D eigenvalue weighted by atomic mass is 9.69. The first-order valence-electron chi connectivity index (χ1n) is 11.9. The zero-order chi connectivity index (χ0) is 22.2. The number of hydrogen-bond donors (Lipinski definition) is 0. The van der Waals surface area contributed by atoms with Crippen LogP contribution in [0.25, 0.3) is 16.6 Å². The van der Waals surface area contributed by atoms with Gasteiger partial charge in [-0.25, -0.2) is 0 Å². The van der Waals surface area contributed by atoms with Crippen molar-refractivity contribution >= 4 is 26.8 Å². The Labute approximate surface area is 194 Å². The van der Waals surface area contributed by atoms with Crippen LogP contribution in [0.15, 0.2) is 45.7 Å². The highest BCUT2D eigenvalue weighted by Gasteiger charge is 2.46. The summed E-state index contributed by atoms with van der Waals surface area (Å²) in [4.78, 5) is 17.8. The van der Waals surface area contributed by atoms with Crippen LogP contribution in [0.1, 0.15) is 95.5 Å². The van der Waals surface area contributed by atoms with Crippen LogP contribution < -0.4 is 5.56 Å². The summed E-state index contributed by atoms with van der Waals surface area (Å²) < 4.78 is 3.10. The Kier molecular flexibility index (Phi) is 6.39. The van der Waals surface area contributed by atoms with Crippen molar-refractivity contribution in [2.75, 3.05) is 0 Å². The van der Waals surface area contributed by atoms with Crippen LogP contribution in [-0.4, -0.2) is 9.55 Å². The van der Waals surface area contributed by atoms with Crippen molar-refractivity contribution in [2.24, 2.45) is 0 Å².